The van der Waals surface area contributed by atoms with E-state index in [-0.39, 0.29) is 31.1 Å². The van der Waals surface area contributed by atoms with Crippen LogP contribution in [0.1, 0.15) is 285 Å². The minimum absolute atomic E-state index is 0.0650. The highest BCUT2D eigenvalue weighted by molar-refractivity contribution is 5.71. The van der Waals surface area contributed by atoms with Gasteiger partial charge in [-0.1, -0.05) is 247 Å². The van der Waals surface area contributed by atoms with Crippen LogP contribution in [0.4, 0.5) is 0 Å². The van der Waals surface area contributed by atoms with Crippen LogP contribution in [0.2, 0.25) is 0 Å². The Morgan fingerprint density at radius 3 is 0.845 bits per heavy atom. The van der Waals surface area contributed by atoms with Crippen LogP contribution in [-0.4, -0.2) is 37.2 Å². The van der Waals surface area contributed by atoms with E-state index in [0.717, 1.165) is 69.6 Å². The zero-order chi connectivity index (χ0) is 42.6. The van der Waals surface area contributed by atoms with Crippen molar-refractivity contribution in [2.24, 2.45) is 11.8 Å². The Balaban J connectivity index is 4.25. The van der Waals surface area contributed by atoms with Crippen molar-refractivity contribution in [3.63, 3.8) is 0 Å². The van der Waals surface area contributed by atoms with Crippen molar-refractivity contribution in [3.8, 4) is 0 Å². The van der Waals surface area contributed by atoms with Crippen LogP contribution >= 0.6 is 0 Å². The molecule has 0 aromatic rings. The Hall–Kier alpha value is -1.59. The molecule has 0 saturated carbocycles. The summed E-state index contributed by atoms with van der Waals surface area (Å²) in [6, 6.07) is 0. The number of esters is 3. The number of ether oxygens (including phenoxy) is 3. The van der Waals surface area contributed by atoms with Gasteiger partial charge in [-0.3, -0.25) is 14.4 Å². The first-order valence-corrected chi connectivity index (χ1v) is 25.7. The van der Waals surface area contributed by atoms with Gasteiger partial charge in [0, 0.05) is 19.3 Å². The third kappa shape index (κ3) is 45.5. The largest absolute Gasteiger partial charge is 0.462 e. The monoisotopic (exact) mass is 821 g/mol. The molecule has 6 heteroatoms. The molecule has 0 unspecified atom stereocenters. The maximum atomic E-state index is 12.8. The molecule has 0 amide bonds. The lowest BCUT2D eigenvalue weighted by molar-refractivity contribution is -0.167. The zero-order valence-electron chi connectivity index (χ0n) is 39.7. The smallest absolute Gasteiger partial charge is 0.306 e. The summed E-state index contributed by atoms with van der Waals surface area (Å²) >= 11 is 0. The lowest BCUT2D eigenvalue weighted by Crippen LogP contribution is -2.30. The molecule has 344 valence electrons. The standard InChI is InChI=1S/C52H100O6/c1-6-7-8-9-10-11-12-13-14-15-16-17-18-19-24-27-34-39-44-52(55)58-49(46-57-51(54)43-38-33-29-28-31-36-41-48(4)5)45-56-50(53)42-37-32-26-23-21-20-22-25-30-35-40-47(2)3/h47-49H,6-46H2,1-5H3/t49-/m0/s1. The van der Waals surface area contributed by atoms with Crippen LogP contribution in [0.3, 0.4) is 0 Å². The molecule has 0 aromatic heterocycles. The van der Waals surface area contributed by atoms with Gasteiger partial charge in [-0.25, -0.2) is 0 Å². The molecule has 0 rings (SSSR count). The second kappa shape index (κ2) is 44.9. The Labute approximate surface area is 361 Å². The summed E-state index contributed by atoms with van der Waals surface area (Å²) in [6.07, 6.45) is 45.4. The summed E-state index contributed by atoms with van der Waals surface area (Å²) in [6.45, 7) is 11.3. The number of unbranched alkanes of at least 4 members (excludes halogenated alkanes) is 31. The normalized spacial score (nSPS) is 12.1. The minimum atomic E-state index is -0.762. The molecule has 58 heavy (non-hydrogen) atoms. The highest BCUT2D eigenvalue weighted by Crippen LogP contribution is 2.17. The van der Waals surface area contributed by atoms with Gasteiger partial charge in [0.15, 0.2) is 6.10 Å². The van der Waals surface area contributed by atoms with Gasteiger partial charge in [-0.15, -0.1) is 0 Å². The number of carbonyl (C=O) groups is 3. The van der Waals surface area contributed by atoms with E-state index in [1.165, 1.54) is 173 Å². The van der Waals surface area contributed by atoms with Crippen molar-refractivity contribution in [2.75, 3.05) is 13.2 Å². The van der Waals surface area contributed by atoms with Crippen LogP contribution in [0, 0.1) is 11.8 Å². The molecule has 0 saturated heterocycles. The second-order valence-corrected chi connectivity index (χ2v) is 18.8. The van der Waals surface area contributed by atoms with Crippen molar-refractivity contribution in [3.05, 3.63) is 0 Å². The van der Waals surface area contributed by atoms with Crippen molar-refractivity contribution < 1.29 is 28.6 Å². The van der Waals surface area contributed by atoms with E-state index in [4.69, 9.17) is 14.2 Å². The van der Waals surface area contributed by atoms with Gasteiger partial charge in [-0.2, -0.15) is 0 Å². The number of hydrogen-bond acceptors (Lipinski definition) is 6. The molecule has 0 aliphatic carbocycles. The second-order valence-electron chi connectivity index (χ2n) is 18.8. The molecule has 0 heterocycles. The van der Waals surface area contributed by atoms with Crippen molar-refractivity contribution in [2.45, 2.75) is 291 Å². The molecule has 0 aromatic carbocycles. The molecule has 6 nitrogen and oxygen atoms in total. The van der Waals surface area contributed by atoms with E-state index in [1.54, 1.807) is 0 Å². The molecule has 0 N–H and O–H groups in total. The average molecular weight is 821 g/mol. The zero-order valence-corrected chi connectivity index (χ0v) is 39.7. The van der Waals surface area contributed by atoms with Crippen LogP contribution < -0.4 is 0 Å². The van der Waals surface area contributed by atoms with Gasteiger partial charge < -0.3 is 14.2 Å². The molecule has 1 atom stereocenters. The summed E-state index contributed by atoms with van der Waals surface area (Å²) in [7, 11) is 0. The first kappa shape index (κ1) is 56.4. The maximum absolute atomic E-state index is 12.8. The fourth-order valence-corrected chi connectivity index (χ4v) is 7.81. The number of hydrogen-bond donors (Lipinski definition) is 0. The van der Waals surface area contributed by atoms with E-state index < -0.39 is 6.10 Å². The molecule has 0 aliphatic heterocycles. The fourth-order valence-electron chi connectivity index (χ4n) is 7.81. The predicted octanol–water partition coefficient (Wildman–Crippen LogP) is 16.5. The first-order valence-electron chi connectivity index (χ1n) is 25.7. The molecule has 0 aliphatic rings. The molecular weight excluding hydrogens is 721 g/mol. The van der Waals surface area contributed by atoms with E-state index in [1.807, 2.05) is 0 Å². The number of carbonyl (C=O) groups excluding carboxylic acids is 3. The summed E-state index contributed by atoms with van der Waals surface area (Å²) in [5, 5.41) is 0. The van der Waals surface area contributed by atoms with E-state index in [9.17, 15) is 14.4 Å². The van der Waals surface area contributed by atoms with Gasteiger partial charge in [-0.05, 0) is 31.1 Å². The SMILES string of the molecule is CCCCCCCCCCCCCCCCCCCCC(=O)O[C@@H](COC(=O)CCCCCCCCCCCCC(C)C)COC(=O)CCCCCCCCC(C)C. The Morgan fingerprint density at radius 2 is 0.569 bits per heavy atom. The average Bonchev–Trinajstić information content (AvgIpc) is 3.19. The summed E-state index contributed by atoms with van der Waals surface area (Å²) in [5.74, 6) is 0.727. The maximum Gasteiger partial charge on any atom is 0.306 e. The van der Waals surface area contributed by atoms with Gasteiger partial charge in [0.25, 0.3) is 0 Å². The molecule has 0 spiro atoms. The van der Waals surface area contributed by atoms with Crippen LogP contribution in [0.15, 0.2) is 0 Å². The summed E-state index contributed by atoms with van der Waals surface area (Å²) in [4.78, 5) is 37.8. The highest BCUT2D eigenvalue weighted by atomic mass is 16.6. The molecule has 0 radical (unpaired) electrons. The lowest BCUT2D eigenvalue weighted by Gasteiger charge is -2.18. The van der Waals surface area contributed by atoms with Crippen molar-refractivity contribution in [1.29, 1.82) is 0 Å². The highest BCUT2D eigenvalue weighted by Gasteiger charge is 2.19. The topological polar surface area (TPSA) is 78.9 Å². The Morgan fingerprint density at radius 1 is 0.328 bits per heavy atom. The lowest BCUT2D eigenvalue weighted by atomic mass is 10.0. The van der Waals surface area contributed by atoms with Crippen LogP contribution in [-0.2, 0) is 28.6 Å². The van der Waals surface area contributed by atoms with Gasteiger partial charge in [0.05, 0.1) is 0 Å². The third-order valence-corrected chi connectivity index (χ3v) is 11.7. The van der Waals surface area contributed by atoms with E-state index in [2.05, 4.69) is 34.6 Å². The van der Waals surface area contributed by atoms with Crippen molar-refractivity contribution >= 4 is 17.9 Å². The predicted molar refractivity (Wildman–Crippen MR) is 247 cm³/mol. The molecule has 0 bridgehead atoms. The van der Waals surface area contributed by atoms with E-state index in [0.29, 0.717) is 19.3 Å². The third-order valence-electron chi connectivity index (χ3n) is 11.7. The fraction of sp³-hybridized carbons (Fsp3) is 0.942. The summed E-state index contributed by atoms with van der Waals surface area (Å²) in [5.41, 5.74) is 0. The Bertz CT molecular complexity index is 885. The van der Waals surface area contributed by atoms with Crippen LogP contribution in [0.25, 0.3) is 0 Å². The molecular formula is C52H100O6. The molecule has 0 fully saturated rings. The minimum Gasteiger partial charge on any atom is -0.462 e. The number of rotatable bonds is 46. The van der Waals surface area contributed by atoms with Gasteiger partial charge in [0.2, 0.25) is 0 Å². The quantitative estimate of drug-likeness (QED) is 0.0346. The van der Waals surface area contributed by atoms with Crippen molar-refractivity contribution in [1.82, 2.24) is 0 Å². The first-order chi connectivity index (χ1) is 28.2. The van der Waals surface area contributed by atoms with Gasteiger partial charge in [0.1, 0.15) is 13.2 Å². The van der Waals surface area contributed by atoms with Gasteiger partial charge >= 0.3 is 17.9 Å². The Kier molecular flexibility index (Phi) is 43.7. The summed E-state index contributed by atoms with van der Waals surface area (Å²) < 4.78 is 16.8. The van der Waals surface area contributed by atoms with Crippen LogP contribution in [0.5, 0.6) is 0 Å². The van der Waals surface area contributed by atoms with E-state index >= 15 is 0 Å².